The van der Waals surface area contributed by atoms with Gasteiger partial charge in [-0.3, -0.25) is 19.2 Å². The van der Waals surface area contributed by atoms with Gasteiger partial charge in [0.2, 0.25) is 0 Å². The highest BCUT2D eigenvalue weighted by atomic mass is 16.2. The van der Waals surface area contributed by atoms with Gasteiger partial charge in [0.25, 0.3) is 0 Å². The third kappa shape index (κ3) is 4.45. The smallest absolute Gasteiger partial charge is 0.173 e. The van der Waals surface area contributed by atoms with Crippen LogP contribution in [-0.2, 0) is 19.2 Å². The molecule has 0 rings (SSSR count). The first-order valence-electron chi connectivity index (χ1n) is 4.08. The second-order valence-electron chi connectivity index (χ2n) is 3.08. The zero-order valence-corrected chi connectivity index (χ0v) is 8.25. The fourth-order valence-electron chi connectivity index (χ4n) is 0.821. The summed E-state index contributed by atoms with van der Waals surface area (Å²) in [6.07, 6.45) is -0.662. The lowest BCUT2D eigenvalue weighted by Crippen LogP contribution is -2.16. The Kier molecular flexibility index (Phi) is 4.63. The molecule has 0 heterocycles. The van der Waals surface area contributed by atoms with Gasteiger partial charge in [0.15, 0.2) is 11.6 Å². The number of carbonyl (C=O) groups excluding carboxylic acids is 4. The van der Waals surface area contributed by atoms with E-state index in [9.17, 15) is 19.2 Å². The Morgan fingerprint density at radius 2 is 1.14 bits per heavy atom. The van der Waals surface area contributed by atoms with Gasteiger partial charge in [0, 0.05) is 0 Å². The van der Waals surface area contributed by atoms with Crippen molar-refractivity contribution in [3.63, 3.8) is 0 Å². The first-order chi connectivity index (χ1) is 6.34. The van der Waals surface area contributed by atoms with E-state index in [1.165, 1.54) is 13.8 Å². The standard InChI is InChI=1S/C10H12O4/c1-6(11)4-9(13)8(3)10(14)5-7(2)12/h3-5H2,1-2H3. The predicted molar refractivity (Wildman–Crippen MR) is 49.8 cm³/mol. The second-order valence-corrected chi connectivity index (χ2v) is 3.08. The molecule has 76 valence electrons. The Bertz CT molecular complexity index is 282. The monoisotopic (exact) mass is 196 g/mol. The highest BCUT2D eigenvalue weighted by Crippen LogP contribution is 2.03. The van der Waals surface area contributed by atoms with Crippen LogP contribution in [0, 0.1) is 0 Å². The first-order valence-corrected chi connectivity index (χ1v) is 4.08. The molecule has 0 saturated heterocycles. The van der Waals surface area contributed by atoms with Crippen molar-refractivity contribution in [3.05, 3.63) is 12.2 Å². The molecule has 0 N–H and O–H groups in total. The lowest BCUT2D eigenvalue weighted by atomic mass is 10.0. The van der Waals surface area contributed by atoms with Crippen LogP contribution in [0.25, 0.3) is 0 Å². The van der Waals surface area contributed by atoms with Crippen molar-refractivity contribution >= 4 is 23.1 Å². The quantitative estimate of drug-likeness (QED) is 0.355. The third-order valence-corrected chi connectivity index (χ3v) is 1.49. The normalized spacial score (nSPS) is 9.29. The topological polar surface area (TPSA) is 68.3 Å². The van der Waals surface area contributed by atoms with E-state index >= 15 is 0 Å². The van der Waals surface area contributed by atoms with Gasteiger partial charge in [-0.2, -0.15) is 0 Å². The number of Topliss-reactive ketones (excluding diaryl/α,β-unsaturated/α-hetero) is 4. The average molecular weight is 196 g/mol. The van der Waals surface area contributed by atoms with E-state index in [2.05, 4.69) is 6.58 Å². The minimum Gasteiger partial charge on any atom is -0.300 e. The van der Waals surface area contributed by atoms with Crippen molar-refractivity contribution < 1.29 is 19.2 Å². The van der Waals surface area contributed by atoms with E-state index in [0.29, 0.717) is 0 Å². The molecule has 4 heteroatoms. The average Bonchev–Trinajstić information content (AvgIpc) is 2.00. The molecule has 0 radical (unpaired) electrons. The maximum atomic E-state index is 11.1. The van der Waals surface area contributed by atoms with Crippen LogP contribution in [0.15, 0.2) is 12.2 Å². The molecule has 0 unspecified atom stereocenters. The van der Waals surface area contributed by atoms with Crippen LogP contribution >= 0.6 is 0 Å². The van der Waals surface area contributed by atoms with Gasteiger partial charge in [-0.05, 0) is 13.8 Å². The van der Waals surface area contributed by atoms with Gasteiger partial charge in [-0.15, -0.1) is 0 Å². The van der Waals surface area contributed by atoms with Crippen molar-refractivity contribution in [2.24, 2.45) is 0 Å². The Hall–Kier alpha value is -1.58. The van der Waals surface area contributed by atoms with Crippen molar-refractivity contribution in [1.29, 1.82) is 0 Å². The highest BCUT2D eigenvalue weighted by Gasteiger charge is 2.17. The van der Waals surface area contributed by atoms with E-state index in [-0.39, 0.29) is 30.0 Å². The minimum absolute atomic E-state index is 0.268. The fourth-order valence-corrected chi connectivity index (χ4v) is 0.821. The summed E-state index contributed by atoms with van der Waals surface area (Å²) in [5.74, 6) is -1.87. The summed E-state index contributed by atoms with van der Waals surface area (Å²) in [5, 5.41) is 0. The predicted octanol–water partition coefficient (Wildman–Crippen LogP) is 0.639. The molecule has 0 aliphatic rings. The van der Waals surface area contributed by atoms with Crippen LogP contribution in [0.1, 0.15) is 26.7 Å². The molecular weight excluding hydrogens is 184 g/mol. The van der Waals surface area contributed by atoms with Crippen molar-refractivity contribution in [2.75, 3.05) is 0 Å². The summed E-state index contributed by atoms with van der Waals surface area (Å²) in [5.41, 5.74) is -0.268. The molecule has 0 spiro atoms. The van der Waals surface area contributed by atoms with E-state index in [1.807, 2.05) is 0 Å². The highest BCUT2D eigenvalue weighted by molar-refractivity contribution is 6.26. The molecule has 0 aliphatic carbocycles. The van der Waals surface area contributed by atoms with Crippen molar-refractivity contribution in [2.45, 2.75) is 26.7 Å². The summed E-state index contributed by atoms with van der Waals surface area (Å²) in [4.78, 5) is 43.4. The Labute approximate surface area is 82.0 Å². The van der Waals surface area contributed by atoms with Crippen molar-refractivity contribution in [1.82, 2.24) is 0 Å². The van der Waals surface area contributed by atoms with Gasteiger partial charge < -0.3 is 0 Å². The molecule has 0 atom stereocenters. The largest absolute Gasteiger partial charge is 0.300 e. The number of hydrogen-bond acceptors (Lipinski definition) is 4. The third-order valence-electron chi connectivity index (χ3n) is 1.49. The number of rotatable bonds is 6. The van der Waals surface area contributed by atoms with Crippen LogP contribution < -0.4 is 0 Å². The summed E-state index contributed by atoms with van der Waals surface area (Å²) in [7, 11) is 0. The van der Waals surface area contributed by atoms with Crippen LogP contribution in [-0.4, -0.2) is 23.1 Å². The molecule has 0 aromatic rings. The Morgan fingerprint density at radius 3 is 1.36 bits per heavy atom. The molecule has 0 amide bonds. The van der Waals surface area contributed by atoms with E-state index in [0.717, 1.165) is 0 Å². The molecule has 0 saturated carbocycles. The summed E-state index contributed by atoms with van der Waals surface area (Å²) >= 11 is 0. The van der Waals surface area contributed by atoms with E-state index < -0.39 is 11.6 Å². The Balaban J connectivity index is 4.32. The molecule has 0 bridgehead atoms. The summed E-state index contributed by atoms with van der Waals surface area (Å²) < 4.78 is 0. The van der Waals surface area contributed by atoms with Crippen LogP contribution in [0.2, 0.25) is 0 Å². The van der Waals surface area contributed by atoms with Gasteiger partial charge in [-0.25, -0.2) is 0 Å². The molecule has 4 nitrogen and oxygen atoms in total. The van der Waals surface area contributed by atoms with Gasteiger partial charge >= 0.3 is 0 Å². The molecular formula is C10H12O4. The second kappa shape index (κ2) is 5.21. The van der Waals surface area contributed by atoms with Crippen LogP contribution in [0.4, 0.5) is 0 Å². The van der Waals surface area contributed by atoms with Gasteiger partial charge in [0.1, 0.15) is 11.6 Å². The number of ketones is 4. The lowest BCUT2D eigenvalue weighted by molar-refractivity contribution is -0.126. The molecule has 0 aromatic carbocycles. The van der Waals surface area contributed by atoms with E-state index in [4.69, 9.17) is 0 Å². The number of carbonyl (C=O) groups is 4. The van der Waals surface area contributed by atoms with E-state index in [1.54, 1.807) is 0 Å². The zero-order chi connectivity index (χ0) is 11.3. The first kappa shape index (κ1) is 12.4. The van der Waals surface area contributed by atoms with Crippen molar-refractivity contribution in [3.8, 4) is 0 Å². The maximum absolute atomic E-state index is 11.1. The van der Waals surface area contributed by atoms with Crippen LogP contribution in [0.5, 0.6) is 0 Å². The molecule has 0 aliphatic heterocycles. The fraction of sp³-hybridized carbons (Fsp3) is 0.400. The van der Waals surface area contributed by atoms with Gasteiger partial charge in [0.05, 0.1) is 18.4 Å². The minimum atomic E-state index is -0.608. The maximum Gasteiger partial charge on any atom is 0.173 e. The molecule has 14 heavy (non-hydrogen) atoms. The Morgan fingerprint density at radius 1 is 0.857 bits per heavy atom. The number of allylic oxidation sites excluding steroid dienone is 1. The lowest BCUT2D eigenvalue weighted by Gasteiger charge is -2.00. The SMILES string of the molecule is C=C(C(=O)CC(C)=O)C(=O)CC(C)=O. The molecule has 0 aromatic heterocycles. The summed E-state index contributed by atoms with van der Waals surface area (Å²) in [6, 6.07) is 0. The molecule has 0 fully saturated rings. The van der Waals surface area contributed by atoms with Gasteiger partial charge in [-0.1, -0.05) is 6.58 Å². The van der Waals surface area contributed by atoms with Crippen LogP contribution in [0.3, 0.4) is 0 Å². The number of hydrogen-bond donors (Lipinski definition) is 0. The summed E-state index contributed by atoms with van der Waals surface area (Å²) in [6.45, 7) is 5.76. The zero-order valence-electron chi connectivity index (χ0n) is 8.25.